The van der Waals surface area contributed by atoms with Crippen LogP contribution in [0.15, 0.2) is 53.3 Å². The van der Waals surface area contributed by atoms with Gasteiger partial charge in [-0.15, -0.1) is 0 Å². The van der Waals surface area contributed by atoms with Gasteiger partial charge in [0, 0.05) is 11.6 Å². The molecule has 1 N–H and O–H groups in total. The first-order chi connectivity index (χ1) is 10.1. The molecule has 21 heavy (non-hydrogen) atoms. The van der Waals surface area contributed by atoms with E-state index in [4.69, 9.17) is 11.6 Å². The molecule has 0 amide bonds. The van der Waals surface area contributed by atoms with Crippen molar-refractivity contribution in [3.63, 3.8) is 0 Å². The molecule has 1 aromatic heterocycles. The molecule has 0 radical (unpaired) electrons. The Morgan fingerprint density at radius 1 is 1.14 bits per heavy atom. The Balaban J connectivity index is 2.17. The van der Waals surface area contributed by atoms with E-state index in [0.29, 0.717) is 11.3 Å². The number of aromatic amines is 1. The van der Waals surface area contributed by atoms with E-state index in [-0.39, 0.29) is 10.6 Å². The molecule has 5 heteroatoms. The highest BCUT2D eigenvalue weighted by Crippen LogP contribution is 2.21. The summed E-state index contributed by atoms with van der Waals surface area (Å²) in [7, 11) is 0. The second-order valence-corrected chi connectivity index (χ2v) is 5.12. The van der Waals surface area contributed by atoms with Crippen molar-refractivity contribution in [3.05, 3.63) is 75.3 Å². The van der Waals surface area contributed by atoms with Gasteiger partial charge < -0.3 is 0 Å². The molecule has 2 aromatic carbocycles. The highest BCUT2D eigenvalue weighted by Gasteiger charge is 2.13. The van der Waals surface area contributed by atoms with Crippen LogP contribution in [0.4, 0.5) is 4.39 Å². The molecule has 0 aliphatic carbocycles. The van der Waals surface area contributed by atoms with Crippen molar-refractivity contribution in [2.24, 2.45) is 0 Å². The normalized spacial score (nSPS) is 10.8. The third-order valence-electron chi connectivity index (χ3n) is 3.35. The van der Waals surface area contributed by atoms with E-state index in [9.17, 15) is 9.18 Å². The Labute approximate surface area is 125 Å². The minimum atomic E-state index is -0.561. The van der Waals surface area contributed by atoms with E-state index in [2.05, 4.69) is 5.10 Å². The molecule has 106 valence electrons. The number of hydrogen-bond acceptors (Lipinski definition) is 1. The molecule has 0 atom stereocenters. The van der Waals surface area contributed by atoms with Gasteiger partial charge >= 0.3 is 0 Å². The van der Waals surface area contributed by atoms with Crippen LogP contribution in [0.2, 0.25) is 5.02 Å². The first-order valence-corrected chi connectivity index (χ1v) is 6.78. The summed E-state index contributed by atoms with van der Waals surface area (Å²) in [6.07, 6.45) is 0. The van der Waals surface area contributed by atoms with Crippen molar-refractivity contribution in [2.45, 2.75) is 6.92 Å². The van der Waals surface area contributed by atoms with Crippen LogP contribution in [0.3, 0.4) is 0 Å². The van der Waals surface area contributed by atoms with Gasteiger partial charge in [-0.3, -0.25) is 9.89 Å². The van der Waals surface area contributed by atoms with Gasteiger partial charge in [-0.25, -0.2) is 9.07 Å². The van der Waals surface area contributed by atoms with Crippen LogP contribution in [0.5, 0.6) is 0 Å². The summed E-state index contributed by atoms with van der Waals surface area (Å²) >= 11 is 5.67. The van der Waals surface area contributed by atoms with Crippen LogP contribution in [0, 0.1) is 12.7 Å². The lowest BCUT2D eigenvalue weighted by Gasteiger charge is -2.03. The molecular weight excluding hydrogens is 291 g/mol. The second kappa shape index (κ2) is 5.22. The highest BCUT2D eigenvalue weighted by molar-refractivity contribution is 6.30. The quantitative estimate of drug-likeness (QED) is 0.765. The number of rotatable bonds is 2. The Hall–Kier alpha value is -2.33. The minimum absolute atomic E-state index is 0.0263. The van der Waals surface area contributed by atoms with Crippen LogP contribution < -0.4 is 5.56 Å². The average molecular weight is 303 g/mol. The van der Waals surface area contributed by atoms with Crippen LogP contribution in [0.25, 0.3) is 16.9 Å². The van der Waals surface area contributed by atoms with E-state index in [1.54, 1.807) is 13.0 Å². The topological polar surface area (TPSA) is 37.8 Å². The largest absolute Gasteiger partial charge is 0.290 e. The number of halogens is 2. The summed E-state index contributed by atoms with van der Waals surface area (Å²) in [4.78, 5) is 12.3. The van der Waals surface area contributed by atoms with Gasteiger partial charge in [-0.2, -0.15) is 0 Å². The van der Waals surface area contributed by atoms with Crippen LogP contribution >= 0.6 is 11.6 Å². The lowest BCUT2D eigenvalue weighted by Crippen LogP contribution is -2.15. The molecule has 0 unspecified atom stereocenters. The maximum Gasteiger partial charge on any atom is 0.274 e. The molecule has 1 heterocycles. The minimum Gasteiger partial charge on any atom is -0.290 e. The zero-order valence-electron chi connectivity index (χ0n) is 11.2. The lowest BCUT2D eigenvalue weighted by molar-refractivity contribution is 0.625. The molecule has 3 rings (SSSR count). The number of benzene rings is 2. The van der Waals surface area contributed by atoms with Gasteiger partial charge in [-0.1, -0.05) is 41.9 Å². The zero-order chi connectivity index (χ0) is 15.0. The summed E-state index contributed by atoms with van der Waals surface area (Å²) in [6.45, 7) is 1.74. The fourth-order valence-electron chi connectivity index (χ4n) is 2.21. The van der Waals surface area contributed by atoms with Gasteiger partial charge in [0.1, 0.15) is 5.82 Å². The third kappa shape index (κ3) is 2.38. The van der Waals surface area contributed by atoms with Gasteiger partial charge in [0.25, 0.3) is 5.56 Å². The lowest BCUT2D eigenvalue weighted by atomic mass is 10.1. The molecule has 0 bridgehead atoms. The average Bonchev–Trinajstić information content (AvgIpc) is 2.79. The standard InChI is InChI=1S/C16H12ClFN2O/c1-10-15(11-5-3-2-4-6-11)19-20(16(10)21)12-7-8-13(17)14(18)9-12/h2-9,19H,1H3. The van der Waals surface area contributed by atoms with Crippen molar-refractivity contribution in [3.8, 4) is 16.9 Å². The molecule has 0 spiro atoms. The molecule has 0 aliphatic heterocycles. The molecule has 3 aromatic rings. The summed E-state index contributed by atoms with van der Waals surface area (Å²) in [5, 5.41) is 3.05. The third-order valence-corrected chi connectivity index (χ3v) is 3.65. The number of H-pyrrole nitrogens is 1. The summed E-state index contributed by atoms with van der Waals surface area (Å²) < 4.78 is 14.9. The smallest absolute Gasteiger partial charge is 0.274 e. The number of aromatic nitrogens is 2. The molecular formula is C16H12ClFN2O. The van der Waals surface area contributed by atoms with Crippen molar-refractivity contribution in [1.29, 1.82) is 0 Å². The van der Waals surface area contributed by atoms with E-state index >= 15 is 0 Å². The Morgan fingerprint density at radius 2 is 1.86 bits per heavy atom. The van der Waals surface area contributed by atoms with Crippen LogP contribution in [0.1, 0.15) is 5.56 Å². The Bertz CT molecular complexity index is 852. The monoisotopic (exact) mass is 302 g/mol. The number of hydrogen-bond donors (Lipinski definition) is 1. The van der Waals surface area contributed by atoms with Crippen molar-refractivity contribution < 1.29 is 4.39 Å². The summed E-state index contributed by atoms with van der Waals surface area (Å²) in [5.74, 6) is -0.561. The van der Waals surface area contributed by atoms with E-state index < -0.39 is 5.82 Å². The molecule has 0 fully saturated rings. The first-order valence-electron chi connectivity index (χ1n) is 6.40. The number of nitrogens with zero attached hydrogens (tertiary/aromatic N) is 1. The van der Waals surface area contributed by atoms with Gasteiger partial charge in [0.15, 0.2) is 0 Å². The second-order valence-electron chi connectivity index (χ2n) is 4.72. The van der Waals surface area contributed by atoms with Gasteiger partial charge in [-0.05, 0) is 24.6 Å². The fourth-order valence-corrected chi connectivity index (χ4v) is 2.33. The maximum atomic E-state index is 13.6. The molecule has 0 aliphatic rings. The zero-order valence-corrected chi connectivity index (χ0v) is 12.0. The first kappa shape index (κ1) is 13.6. The molecule has 0 saturated heterocycles. The van der Waals surface area contributed by atoms with E-state index in [1.807, 2.05) is 30.3 Å². The summed E-state index contributed by atoms with van der Waals surface area (Å²) in [6, 6.07) is 13.8. The van der Waals surface area contributed by atoms with Crippen molar-refractivity contribution >= 4 is 11.6 Å². The predicted molar refractivity (Wildman–Crippen MR) is 81.5 cm³/mol. The Morgan fingerprint density at radius 3 is 2.52 bits per heavy atom. The maximum absolute atomic E-state index is 13.6. The predicted octanol–water partition coefficient (Wildman–Crippen LogP) is 3.93. The fraction of sp³-hybridized carbons (Fsp3) is 0.0625. The van der Waals surface area contributed by atoms with Gasteiger partial charge in [0.05, 0.1) is 16.4 Å². The van der Waals surface area contributed by atoms with Crippen LogP contribution in [-0.4, -0.2) is 9.78 Å². The molecule has 0 saturated carbocycles. The van der Waals surface area contributed by atoms with Crippen molar-refractivity contribution in [2.75, 3.05) is 0 Å². The highest BCUT2D eigenvalue weighted by atomic mass is 35.5. The Kier molecular flexibility index (Phi) is 3.39. The van der Waals surface area contributed by atoms with E-state index in [1.165, 1.54) is 16.8 Å². The molecule has 3 nitrogen and oxygen atoms in total. The van der Waals surface area contributed by atoms with Gasteiger partial charge in [0.2, 0.25) is 0 Å². The van der Waals surface area contributed by atoms with E-state index in [0.717, 1.165) is 11.3 Å². The number of nitrogens with one attached hydrogen (secondary N) is 1. The summed E-state index contributed by atoms with van der Waals surface area (Å²) in [5.41, 5.74) is 2.40. The van der Waals surface area contributed by atoms with Crippen LogP contribution in [-0.2, 0) is 0 Å². The van der Waals surface area contributed by atoms with Crippen molar-refractivity contribution in [1.82, 2.24) is 9.78 Å². The SMILES string of the molecule is Cc1c(-c2ccccc2)[nH]n(-c2ccc(Cl)c(F)c2)c1=O.